The van der Waals surface area contributed by atoms with Crippen molar-refractivity contribution in [2.24, 2.45) is 5.92 Å². The smallest absolute Gasteiger partial charge is 0.243 e. The molecule has 0 radical (unpaired) electrons. The average Bonchev–Trinajstić information content (AvgIpc) is 3.22. The fourth-order valence-electron chi connectivity index (χ4n) is 1.96. The van der Waals surface area contributed by atoms with Crippen LogP contribution >= 0.6 is 15.9 Å². The molecule has 1 aliphatic carbocycles. The van der Waals surface area contributed by atoms with Crippen molar-refractivity contribution >= 4 is 31.6 Å². The molecule has 0 unspecified atom stereocenters. The van der Waals surface area contributed by atoms with E-state index in [1.165, 1.54) is 23.2 Å². The molecule has 0 spiro atoms. The summed E-state index contributed by atoms with van der Waals surface area (Å²) in [6, 6.07) is 3.22. The molecule has 1 aromatic carbocycles. The van der Waals surface area contributed by atoms with E-state index in [4.69, 9.17) is 10.5 Å². The Morgan fingerprint density at radius 2 is 2.10 bits per heavy atom. The van der Waals surface area contributed by atoms with Crippen LogP contribution in [0.25, 0.3) is 0 Å². The maximum atomic E-state index is 12.6. The lowest BCUT2D eigenvalue weighted by atomic mass is 10.2. The topological polar surface area (TPSA) is 72.6 Å². The highest BCUT2D eigenvalue weighted by molar-refractivity contribution is 9.10. The van der Waals surface area contributed by atoms with Crippen molar-refractivity contribution in [3.05, 3.63) is 22.2 Å². The highest BCUT2D eigenvalue weighted by Crippen LogP contribution is 2.29. The summed E-state index contributed by atoms with van der Waals surface area (Å²) >= 11 is 3.30. The summed E-state index contributed by atoms with van der Waals surface area (Å²) < 4.78 is 32.6. The summed E-state index contributed by atoms with van der Waals surface area (Å²) in [5, 5.41) is 0. The molecule has 1 aliphatic rings. The predicted octanol–water partition coefficient (Wildman–Crippen LogP) is 2.39. The number of nitrogens with zero attached hydrogens (tertiary/aromatic N) is 1. The zero-order valence-electron chi connectivity index (χ0n) is 12.3. The van der Waals surface area contributed by atoms with Crippen molar-refractivity contribution in [2.45, 2.75) is 24.7 Å². The van der Waals surface area contributed by atoms with Gasteiger partial charge in [0.25, 0.3) is 0 Å². The lowest BCUT2D eigenvalue weighted by Gasteiger charge is -2.19. The normalized spacial score (nSPS) is 15.6. The largest absolute Gasteiger partial charge is 0.398 e. The maximum absolute atomic E-state index is 12.6. The Balaban J connectivity index is 2.03. The van der Waals surface area contributed by atoms with Gasteiger partial charge in [-0.15, -0.1) is 0 Å². The van der Waals surface area contributed by atoms with Gasteiger partial charge in [0.15, 0.2) is 0 Å². The molecule has 21 heavy (non-hydrogen) atoms. The van der Waals surface area contributed by atoms with E-state index in [0.717, 1.165) is 6.61 Å². The van der Waals surface area contributed by atoms with Crippen molar-refractivity contribution < 1.29 is 13.2 Å². The molecule has 0 bridgehead atoms. The zero-order chi connectivity index (χ0) is 15.6. The van der Waals surface area contributed by atoms with Gasteiger partial charge in [-0.25, -0.2) is 8.42 Å². The third-order valence-electron chi connectivity index (χ3n) is 3.58. The minimum atomic E-state index is -3.54. The molecule has 0 saturated heterocycles. The lowest BCUT2D eigenvalue weighted by Crippen LogP contribution is -2.31. The summed E-state index contributed by atoms with van der Waals surface area (Å²) in [7, 11) is -1.98. The molecule has 2 rings (SSSR count). The Hall–Kier alpha value is -0.630. The number of likely N-dealkylation sites (N-methyl/N-ethyl adjacent to an activating group) is 1. The second kappa shape index (κ2) is 6.64. The minimum absolute atomic E-state index is 0.243. The zero-order valence-corrected chi connectivity index (χ0v) is 14.7. The third kappa shape index (κ3) is 4.18. The van der Waals surface area contributed by atoms with E-state index in [0.29, 0.717) is 34.8 Å². The number of rotatable bonds is 7. The first kappa shape index (κ1) is 16.7. The number of anilines is 1. The van der Waals surface area contributed by atoms with Crippen LogP contribution in [-0.4, -0.2) is 39.5 Å². The minimum Gasteiger partial charge on any atom is -0.398 e. The molecule has 0 atom stereocenters. The molecule has 1 fully saturated rings. The average molecular weight is 377 g/mol. The Kier molecular flexibility index (Phi) is 5.29. The van der Waals surface area contributed by atoms with Crippen LogP contribution in [0.5, 0.6) is 0 Å². The van der Waals surface area contributed by atoms with Crippen LogP contribution < -0.4 is 5.73 Å². The lowest BCUT2D eigenvalue weighted by molar-refractivity contribution is 0.117. The molecule has 0 aliphatic heterocycles. The standard InChI is InChI=1S/C14H21BrN2O3S/c1-10-7-12(15)13(16)8-14(10)21(18,19)17(2)5-6-20-9-11-3-4-11/h7-8,11H,3-6,9,16H2,1-2H3. The number of halogens is 1. The van der Waals surface area contributed by atoms with E-state index in [9.17, 15) is 8.42 Å². The fourth-order valence-corrected chi connectivity index (χ4v) is 3.81. The molecule has 0 heterocycles. The molecule has 5 nitrogen and oxygen atoms in total. The van der Waals surface area contributed by atoms with Crippen LogP contribution in [0.2, 0.25) is 0 Å². The number of hydrogen-bond acceptors (Lipinski definition) is 4. The molecule has 1 aromatic rings. The van der Waals surface area contributed by atoms with Crippen LogP contribution in [0.1, 0.15) is 18.4 Å². The molecular weight excluding hydrogens is 356 g/mol. The highest BCUT2D eigenvalue weighted by atomic mass is 79.9. The van der Waals surface area contributed by atoms with Crippen molar-refractivity contribution in [3.63, 3.8) is 0 Å². The van der Waals surface area contributed by atoms with Crippen molar-refractivity contribution in [3.8, 4) is 0 Å². The summed E-state index contributed by atoms with van der Waals surface area (Å²) in [6.07, 6.45) is 2.46. The molecular formula is C14H21BrN2O3S. The summed E-state index contributed by atoms with van der Waals surface area (Å²) in [4.78, 5) is 0.243. The molecule has 118 valence electrons. The predicted molar refractivity (Wildman–Crippen MR) is 86.7 cm³/mol. The van der Waals surface area contributed by atoms with Gasteiger partial charge in [-0.3, -0.25) is 0 Å². The monoisotopic (exact) mass is 376 g/mol. The van der Waals surface area contributed by atoms with Gasteiger partial charge in [-0.05, 0) is 59.3 Å². The Labute approximate surface area is 134 Å². The van der Waals surface area contributed by atoms with Gasteiger partial charge in [-0.1, -0.05) is 0 Å². The van der Waals surface area contributed by atoms with Crippen LogP contribution in [0.15, 0.2) is 21.5 Å². The van der Waals surface area contributed by atoms with Gasteiger partial charge >= 0.3 is 0 Å². The van der Waals surface area contributed by atoms with Gasteiger partial charge in [0.2, 0.25) is 10.0 Å². The van der Waals surface area contributed by atoms with Gasteiger partial charge in [0.05, 0.1) is 11.5 Å². The Morgan fingerprint density at radius 3 is 2.71 bits per heavy atom. The van der Waals surface area contributed by atoms with E-state index < -0.39 is 10.0 Å². The number of hydrogen-bond donors (Lipinski definition) is 1. The first-order valence-electron chi connectivity index (χ1n) is 6.92. The molecule has 7 heteroatoms. The SMILES string of the molecule is Cc1cc(Br)c(N)cc1S(=O)(=O)N(C)CCOCC1CC1. The van der Waals surface area contributed by atoms with E-state index in [1.807, 2.05) is 0 Å². The number of ether oxygens (including phenoxy) is 1. The Bertz CT molecular complexity index is 615. The van der Waals surface area contributed by atoms with E-state index in [1.54, 1.807) is 20.0 Å². The fraction of sp³-hybridized carbons (Fsp3) is 0.571. The van der Waals surface area contributed by atoms with E-state index in [2.05, 4.69) is 15.9 Å². The van der Waals surface area contributed by atoms with Gasteiger partial charge in [-0.2, -0.15) is 4.31 Å². The van der Waals surface area contributed by atoms with Crippen molar-refractivity contribution in [1.29, 1.82) is 0 Å². The molecule has 1 saturated carbocycles. The first-order chi connectivity index (χ1) is 9.82. The number of benzene rings is 1. The van der Waals surface area contributed by atoms with E-state index in [-0.39, 0.29) is 4.90 Å². The highest BCUT2D eigenvalue weighted by Gasteiger charge is 2.24. The number of nitrogens with two attached hydrogens (primary N) is 1. The van der Waals surface area contributed by atoms with Gasteiger partial charge < -0.3 is 10.5 Å². The summed E-state index contributed by atoms with van der Waals surface area (Å²) in [5.74, 6) is 0.681. The number of aryl methyl sites for hydroxylation is 1. The van der Waals surface area contributed by atoms with Gasteiger partial charge in [0, 0.05) is 30.4 Å². The van der Waals surface area contributed by atoms with Crippen LogP contribution in [0.4, 0.5) is 5.69 Å². The summed E-state index contributed by atoms with van der Waals surface area (Å²) in [5.41, 5.74) is 6.88. The first-order valence-corrected chi connectivity index (χ1v) is 9.15. The second-order valence-corrected chi connectivity index (χ2v) is 8.35. The summed E-state index contributed by atoms with van der Waals surface area (Å²) in [6.45, 7) is 3.24. The number of sulfonamides is 1. The molecule has 2 N–H and O–H groups in total. The van der Waals surface area contributed by atoms with Crippen molar-refractivity contribution in [1.82, 2.24) is 4.31 Å². The quantitative estimate of drug-likeness (QED) is 0.585. The maximum Gasteiger partial charge on any atom is 0.243 e. The molecule has 0 amide bonds. The van der Waals surface area contributed by atoms with Crippen LogP contribution in [0, 0.1) is 12.8 Å². The van der Waals surface area contributed by atoms with E-state index >= 15 is 0 Å². The van der Waals surface area contributed by atoms with Crippen LogP contribution in [0.3, 0.4) is 0 Å². The molecule has 0 aromatic heterocycles. The van der Waals surface area contributed by atoms with Gasteiger partial charge in [0.1, 0.15) is 0 Å². The Morgan fingerprint density at radius 1 is 1.43 bits per heavy atom. The van der Waals surface area contributed by atoms with Crippen molar-refractivity contribution in [2.75, 3.05) is 32.5 Å². The van der Waals surface area contributed by atoms with Crippen LogP contribution in [-0.2, 0) is 14.8 Å². The number of nitrogen functional groups attached to an aromatic ring is 1. The second-order valence-electron chi connectivity index (χ2n) is 5.48. The third-order valence-corrected chi connectivity index (χ3v) is 6.27.